The molecule has 5 N–H and O–H groups in total. The number of pyridine rings is 1. The number of nitrogens with zero attached hydrogens (tertiary/aromatic N) is 4. The Morgan fingerprint density at radius 1 is 1.07 bits per heavy atom. The van der Waals surface area contributed by atoms with E-state index in [2.05, 4.69) is 42.7 Å². The number of hydrogen-bond acceptors (Lipinski definition) is 5. The van der Waals surface area contributed by atoms with Gasteiger partial charge in [-0.05, 0) is 79.4 Å². The largest absolute Gasteiger partial charge is 0.351 e. The number of H-pyrrole nitrogens is 1. The molecule has 3 aromatic carbocycles. The number of nitrogens with one attached hydrogen (secondary N) is 3. The number of fused-ring (bicyclic) bond motifs is 2. The van der Waals surface area contributed by atoms with Gasteiger partial charge in [-0.2, -0.15) is 9.78 Å². The number of primary amides is 1. The molecular weight excluding hydrogens is 548 g/mol. The molecule has 2 heterocycles. The number of terminal acetylenes is 1. The summed E-state index contributed by atoms with van der Waals surface area (Å²) in [4.78, 5) is 25.7. The minimum atomic E-state index is -0.791. The van der Waals surface area contributed by atoms with Gasteiger partial charge in [0.2, 0.25) is 16.8 Å². The highest BCUT2D eigenvalue weighted by atomic mass is 32.1. The molecule has 0 saturated heterocycles. The van der Waals surface area contributed by atoms with E-state index in [9.17, 15) is 9.59 Å². The summed E-state index contributed by atoms with van der Waals surface area (Å²) in [5, 5.41) is 16.9. The number of amides is 3. The van der Waals surface area contributed by atoms with E-state index in [1.807, 2.05) is 42.5 Å². The number of carbonyl (C=O) groups excluding carboxylic acids is 2. The van der Waals surface area contributed by atoms with Crippen LogP contribution in [0, 0.1) is 17.1 Å². The predicted octanol–water partition coefficient (Wildman–Crippen LogP) is 4.69. The molecule has 208 valence electrons. The summed E-state index contributed by atoms with van der Waals surface area (Å²) in [6, 6.07) is 19.8. The lowest BCUT2D eigenvalue weighted by Crippen LogP contribution is -2.41. The third-order valence-corrected chi connectivity index (χ3v) is 7.67. The average molecular weight is 576 g/mol. The van der Waals surface area contributed by atoms with Crippen LogP contribution >= 0.6 is 12.2 Å². The Bertz CT molecular complexity index is 1970. The van der Waals surface area contributed by atoms with E-state index >= 15 is 0 Å². The van der Waals surface area contributed by atoms with Gasteiger partial charge in [-0.3, -0.25) is 4.79 Å². The van der Waals surface area contributed by atoms with Gasteiger partial charge in [-0.15, -0.1) is 6.42 Å². The third-order valence-electron chi connectivity index (χ3n) is 7.41. The molecule has 2 aromatic heterocycles. The van der Waals surface area contributed by atoms with Crippen molar-refractivity contribution in [2.24, 2.45) is 5.73 Å². The highest BCUT2D eigenvalue weighted by molar-refractivity contribution is 7.71. The molecule has 0 atom stereocenters. The summed E-state index contributed by atoms with van der Waals surface area (Å²) in [6.07, 6.45) is 10.0. The molecule has 11 heteroatoms. The van der Waals surface area contributed by atoms with Crippen LogP contribution in [0.3, 0.4) is 0 Å². The van der Waals surface area contributed by atoms with Crippen LogP contribution in [-0.2, 0) is 19.4 Å². The maximum atomic E-state index is 13.7. The lowest BCUT2D eigenvalue weighted by atomic mass is 9.94. The summed E-state index contributed by atoms with van der Waals surface area (Å²) >= 11 is 5.23. The summed E-state index contributed by atoms with van der Waals surface area (Å²) in [6.45, 7) is 0.491. The number of benzene rings is 3. The molecule has 0 unspecified atom stereocenters. The average Bonchev–Trinajstić information content (AvgIpc) is 3.42. The van der Waals surface area contributed by atoms with E-state index in [0.717, 1.165) is 42.1 Å². The van der Waals surface area contributed by atoms with Crippen LogP contribution in [0.25, 0.3) is 27.7 Å². The summed E-state index contributed by atoms with van der Waals surface area (Å²) in [7, 11) is 0. The van der Waals surface area contributed by atoms with Gasteiger partial charge in [0.25, 0.3) is 5.91 Å². The SMILES string of the molecule is C#CC[n+]1c2c(cc3cc(NC(=O)c4cccc(-c5cccc(-n6[nH]nnc6=S)c5)c4NC(N)=O)ccc31)CCCC2. The van der Waals surface area contributed by atoms with E-state index in [-0.39, 0.29) is 16.0 Å². The summed E-state index contributed by atoms with van der Waals surface area (Å²) in [5.74, 6) is 2.39. The summed E-state index contributed by atoms with van der Waals surface area (Å²) in [5.41, 5.74) is 12.3. The Kier molecular flexibility index (Phi) is 7.21. The number of aryl methyl sites for hydroxylation is 1. The second-order valence-electron chi connectivity index (χ2n) is 10.0. The van der Waals surface area contributed by atoms with Gasteiger partial charge < -0.3 is 16.4 Å². The standard InChI is InChI=1S/C31H26N8O2S/c1-2-15-38-26-12-4-3-7-20(26)16-21-17-22(13-14-27(21)38)33-29(40)25-11-6-10-24(28(25)34-30(32)41)19-8-5-9-23(18-19)39-31(42)35-36-37-39/h1,5-6,8-11,13-14,16-18H,3-4,7,12,15H2,(H4-,32,33,34,35,37,40,41,42)/p+1. The molecule has 1 aliphatic carbocycles. The van der Waals surface area contributed by atoms with Crippen LogP contribution in [0.1, 0.15) is 34.5 Å². The molecular formula is C31H27N8O2S+. The number of urea groups is 1. The number of para-hydroxylation sites is 1. The van der Waals surface area contributed by atoms with Crippen molar-refractivity contribution in [1.29, 1.82) is 0 Å². The van der Waals surface area contributed by atoms with Gasteiger partial charge in [-0.25, -0.2) is 9.48 Å². The number of tetrazole rings is 1. The Balaban J connectivity index is 1.37. The predicted molar refractivity (Wildman–Crippen MR) is 163 cm³/mol. The highest BCUT2D eigenvalue weighted by Gasteiger charge is 2.24. The van der Waals surface area contributed by atoms with Crippen LogP contribution < -0.4 is 20.9 Å². The number of aromatic nitrogens is 5. The van der Waals surface area contributed by atoms with Gasteiger partial charge in [-0.1, -0.05) is 34.6 Å². The quantitative estimate of drug-likeness (QED) is 0.132. The van der Waals surface area contributed by atoms with Crippen molar-refractivity contribution in [3.05, 3.63) is 88.3 Å². The van der Waals surface area contributed by atoms with Crippen LogP contribution in [0.5, 0.6) is 0 Å². The molecule has 42 heavy (non-hydrogen) atoms. The lowest BCUT2D eigenvalue weighted by molar-refractivity contribution is -0.667. The van der Waals surface area contributed by atoms with Gasteiger partial charge in [0, 0.05) is 34.7 Å². The van der Waals surface area contributed by atoms with Gasteiger partial charge in [0.05, 0.1) is 16.9 Å². The number of anilines is 2. The monoisotopic (exact) mass is 575 g/mol. The van der Waals surface area contributed by atoms with Crippen LogP contribution in [0.15, 0.2) is 66.7 Å². The molecule has 0 radical (unpaired) electrons. The molecule has 0 spiro atoms. The summed E-state index contributed by atoms with van der Waals surface area (Å²) < 4.78 is 4.01. The first-order chi connectivity index (χ1) is 20.4. The highest BCUT2D eigenvalue weighted by Crippen LogP contribution is 2.33. The van der Waals surface area contributed by atoms with Crippen molar-refractivity contribution >= 4 is 46.4 Å². The third kappa shape index (κ3) is 5.11. The Morgan fingerprint density at radius 2 is 1.90 bits per heavy atom. The molecule has 10 nitrogen and oxygen atoms in total. The van der Waals surface area contributed by atoms with Crippen molar-refractivity contribution in [3.8, 4) is 29.2 Å². The van der Waals surface area contributed by atoms with Crippen LogP contribution in [0.2, 0.25) is 0 Å². The zero-order valence-corrected chi connectivity index (χ0v) is 23.4. The van der Waals surface area contributed by atoms with Crippen LogP contribution in [0.4, 0.5) is 16.2 Å². The second-order valence-corrected chi connectivity index (χ2v) is 10.4. The van der Waals surface area contributed by atoms with Crippen molar-refractivity contribution in [2.75, 3.05) is 10.6 Å². The van der Waals surface area contributed by atoms with Gasteiger partial charge in [0.15, 0.2) is 5.69 Å². The molecule has 1 aliphatic rings. The van der Waals surface area contributed by atoms with Gasteiger partial charge >= 0.3 is 6.03 Å². The van der Waals surface area contributed by atoms with E-state index in [1.54, 1.807) is 22.9 Å². The van der Waals surface area contributed by atoms with Crippen molar-refractivity contribution in [3.63, 3.8) is 0 Å². The van der Waals surface area contributed by atoms with E-state index in [4.69, 9.17) is 24.4 Å². The topological polar surface area (TPSA) is 135 Å². The molecule has 0 saturated carbocycles. The molecule has 0 bridgehead atoms. The second kappa shape index (κ2) is 11.3. The van der Waals surface area contributed by atoms with Crippen LogP contribution in [-0.4, -0.2) is 32.1 Å². The minimum Gasteiger partial charge on any atom is -0.351 e. The van der Waals surface area contributed by atoms with Crippen molar-refractivity contribution in [1.82, 2.24) is 20.2 Å². The van der Waals surface area contributed by atoms with E-state index in [1.165, 1.54) is 11.3 Å². The van der Waals surface area contributed by atoms with E-state index < -0.39 is 11.9 Å². The fourth-order valence-corrected chi connectivity index (χ4v) is 5.78. The smallest absolute Gasteiger partial charge is 0.316 e. The first-order valence-corrected chi connectivity index (χ1v) is 13.9. The molecule has 0 aliphatic heterocycles. The fourth-order valence-electron chi connectivity index (χ4n) is 5.59. The minimum absolute atomic E-state index is 0.254. The Labute approximate surface area is 246 Å². The first kappa shape index (κ1) is 26.9. The molecule has 5 aromatic rings. The lowest BCUT2D eigenvalue weighted by Gasteiger charge is -2.17. The molecule has 3 amide bonds. The Morgan fingerprint density at radius 3 is 2.69 bits per heavy atom. The first-order valence-electron chi connectivity index (χ1n) is 13.5. The number of aromatic amines is 1. The van der Waals surface area contributed by atoms with Crippen molar-refractivity contribution < 1.29 is 14.2 Å². The van der Waals surface area contributed by atoms with E-state index in [0.29, 0.717) is 23.5 Å². The molecule has 6 rings (SSSR count). The zero-order valence-electron chi connectivity index (χ0n) is 22.6. The Hall–Kier alpha value is -5.34. The number of carbonyl (C=O) groups is 2. The number of nitrogens with two attached hydrogens (primary N) is 1. The number of rotatable bonds is 6. The fraction of sp³-hybridized carbons (Fsp3) is 0.161. The zero-order chi connectivity index (χ0) is 29.2. The van der Waals surface area contributed by atoms with Gasteiger partial charge in [0.1, 0.15) is 0 Å². The van der Waals surface area contributed by atoms with Crippen molar-refractivity contribution in [2.45, 2.75) is 32.2 Å². The maximum Gasteiger partial charge on any atom is 0.316 e. The normalized spacial score (nSPS) is 12.4. The number of hydrogen-bond donors (Lipinski definition) is 4. The molecule has 0 fully saturated rings. The maximum absolute atomic E-state index is 13.7.